The summed E-state index contributed by atoms with van der Waals surface area (Å²) in [7, 11) is 0. The molecule has 0 unspecified atom stereocenters. The number of amides is 1. The molecule has 0 fully saturated rings. The molecule has 0 heterocycles. The number of hydrogen-bond donors (Lipinski definition) is 2. The summed E-state index contributed by atoms with van der Waals surface area (Å²) >= 11 is 3.39. The second-order valence-electron chi connectivity index (χ2n) is 4.63. The Kier molecular flexibility index (Phi) is 4.79. The monoisotopic (exact) mass is 333 g/mol. The van der Waals surface area contributed by atoms with Gasteiger partial charge in [0.05, 0.1) is 0 Å². The number of halogens is 1. The number of phenolic OH excluding ortho intramolecular Hbond substituents is 1. The summed E-state index contributed by atoms with van der Waals surface area (Å²) in [6.45, 7) is 2.26. The fourth-order valence-electron chi connectivity index (χ4n) is 1.78. The molecule has 0 radical (unpaired) electrons. The van der Waals surface area contributed by atoms with Crippen molar-refractivity contribution >= 4 is 21.8 Å². The first-order chi connectivity index (χ1) is 9.60. The SMILES string of the molecule is Cc1ccc(C(=O)NCc2ccc(CBr)cc2)cc1O. The number of benzene rings is 2. The van der Waals surface area contributed by atoms with Crippen molar-refractivity contribution in [2.45, 2.75) is 18.8 Å². The van der Waals surface area contributed by atoms with Crippen molar-refractivity contribution in [3.8, 4) is 5.75 Å². The Morgan fingerprint density at radius 3 is 2.40 bits per heavy atom. The van der Waals surface area contributed by atoms with E-state index in [1.807, 2.05) is 24.3 Å². The molecule has 20 heavy (non-hydrogen) atoms. The van der Waals surface area contributed by atoms with Crippen LogP contribution in [0.5, 0.6) is 5.75 Å². The molecule has 1 amide bonds. The van der Waals surface area contributed by atoms with E-state index >= 15 is 0 Å². The van der Waals surface area contributed by atoms with Gasteiger partial charge in [0, 0.05) is 17.4 Å². The molecule has 0 atom stereocenters. The summed E-state index contributed by atoms with van der Waals surface area (Å²) < 4.78 is 0. The summed E-state index contributed by atoms with van der Waals surface area (Å²) in [5.41, 5.74) is 3.46. The summed E-state index contributed by atoms with van der Waals surface area (Å²) in [4.78, 5) is 12.0. The molecular formula is C16H16BrNO2. The van der Waals surface area contributed by atoms with E-state index in [-0.39, 0.29) is 11.7 Å². The van der Waals surface area contributed by atoms with Crippen LogP contribution in [-0.2, 0) is 11.9 Å². The number of phenols is 1. The van der Waals surface area contributed by atoms with Gasteiger partial charge in [0.25, 0.3) is 5.91 Å². The highest BCUT2D eigenvalue weighted by Gasteiger charge is 2.07. The van der Waals surface area contributed by atoms with Gasteiger partial charge in [0.15, 0.2) is 0 Å². The van der Waals surface area contributed by atoms with Crippen LogP contribution in [0.4, 0.5) is 0 Å². The second-order valence-corrected chi connectivity index (χ2v) is 5.19. The predicted octanol–water partition coefficient (Wildman–Crippen LogP) is 3.53. The Bertz CT molecular complexity index is 608. The molecule has 0 spiro atoms. The molecule has 0 aliphatic heterocycles. The number of hydrogen-bond acceptors (Lipinski definition) is 2. The number of nitrogens with one attached hydrogen (secondary N) is 1. The third kappa shape index (κ3) is 3.61. The highest BCUT2D eigenvalue weighted by molar-refractivity contribution is 9.08. The summed E-state index contributed by atoms with van der Waals surface area (Å²) in [6.07, 6.45) is 0. The topological polar surface area (TPSA) is 49.3 Å². The van der Waals surface area contributed by atoms with Crippen molar-refractivity contribution < 1.29 is 9.90 Å². The van der Waals surface area contributed by atoms with E-state index in [0.29, 0.717) is 12.1 Å². The fraction of sp³-hybridized carbons (Fsp3) is 0.188. The Balaban J connectivity index is 1.98. The van der Waals surface area contributed by atoms with Gasteiger partial charge in [-0.15, -0.1) is 0 Å². The predicted molar refractivity (Wildman–Crippen MR) is 83.1 cm³/mol. The Morgan fingerprint density at radius 2 is 1.80 bits per heavy atom. The minimum absolute atomic E-state index is 0.138. The summed E-state index contributed by atoms with van der Waals surface area (Å²) in [5.74, 6) is -0.0517. The van der Waals surface area contributed by atoms with Crippen molar-refractivity contribution in [3.63, 3.8) is 0 Å². The standard InChI is InChI=1S/C16H16BrNO2/c1-11-2-7-14(8-15(11)19)16(20)18-10-13-5-3-12(9-17)4-6-13/h2-8,19H,9-10H2,1H3,(H,18,20). The van der Waals surface area contributed by atoms with Crippen molar-refractivity contribution in [1.82, 2.24) is 5.32 Å². The Labute approximate surface area is 126 Å². The second kappa shape index (κ2) is 6.57. The van der Waals surface area contributed by atoms with Crippen LogP contribution in [0.2, 0.25) is 0 Å². The van der Waals surface area contributed by atoms with Gasteiger partial charge < -0.3 is 10.4 Å². The molecule has 2 aromatic rings. The maximum absolute atomic E-state index is 12.0. The highest BCUT2D eigenvalue weighted by Crippen LogP contribution is 2.17. The van der Waals surface area contributed by atoms with Gasteiger partial charge in [-0.1, -0.05) is 46.3 Å². The average Bonchev–Trinajstić information content (AvgIpc) is 2.48. The smallest absolute Gasteiger partial charge is 0.251 e. The third-order valence-electron chi connectivity index (χ3n) is 3.10. The van der Waals surface area contributed by atoms with Crippen LogP contribution in [0.3, 0.4) is 0 Å². The molecule has 104 valence electrons. The molecule has 0 bridgehead atoms. The molecule has 2 aromatic carbocycles. The zero-order chi connectivity index (χ0) is 14.5. The zero-order valence-corrected chi connectivity index (χ0v) is 12.8. The van der Waals surface area contributed by atoms with Gasteiger partial charge in [-0.3, -0.25) is 4.79 Å². The normalized spacial score (nSPS) is 10.3. The van der Waals surface area contributed by atoms with E-state index in [0.717, 1.165) is 16.5 Å². The molecular weight excluding hydrogens is 318 g/mol. The van der Waals surface area contributed by atoms with Gasteiger partial charge >= 0.3 is 0 Å². The van der Waals surface area contributed by atoms with Crippen LogP contribution in [0.25, 0.3) is 0 Å². The van der Waals surface area contributed by atoms with Gasteiger partial charge in [-0.05, 0) is 35.7 Å². The first-order valence-electron chi connectivity index (χ1n) is 6.32. The summed E-state index contributed by atoms with van der Waals surface area (Å²) in [6, 6.07) is 12.9. The molecule has 0 saturated heterocycles. The van der Waals surface area contributed by atoms with Crippen LogP contribution in [-0.4, -0.2) is 11.0 Å². The van der Waals surface area contributed by atoms with E-state index in [9.17, 15) is 9.90 Å². The molecule has 4 heteroatoms. The van der Waals surface area contributed by atoms with Crippen LogP contribution in [0.15, 0.2) is 42.5 Å². The van der Waals surface area contributed by atoms with Crippen LogP contribution in [0.1, 0.15) is 27.0 Å². The lowest BCUT2D eigenvalue weighted by atomic mass is 10.1. The van der Waals surface area contributed by atoms with E-state index in [4.69, 9.17) is 0 Å². The van der Waals surface area contributed by atoms with Crippen molar-refractivity contribution in [3.05, 3.63) is 64.7 Å². The number of aromatic hydroxyl groups is 1. The first-order valence-corrected chi connectivity index (χ1v) is 7.44. The number of carbonyl (C=O) groups excluding carboxylic acids is 1. The Hall–Kier alpha value is -1.81. The first kappa shape index (κ1) is 14.6. The number of rotatable bonds is 4. The van der Waals surface area contributed by atoms with Crippen molar-refractivity contribution in [2.24, 2.45) is 0 Å². The summed E-state index contributed by atoms with van der Waals surface area (Å²) in [5, 5.41) is 13.3. The Morgan fingerprint density at radius 1 is 1.15 bits per heavy atom. The molecule has 2 N–H and O–H groups in total. The largest absolute Gasteiger partial charge is 0.508 e. The fourth-order valence-corrected chi connectivity index (χ4v) is 2.16. The quantitative estimate of drug-likeness (QED) is 0.841. The lowest BCUT2D eigenvalue weighted by Gasteiger charge is -2.07. The van der Waals surface area contributed by atoms with Gasteiger partial charge in [-0.2, -0.15) is 0 Å². The molecule has 0 saturated carbocycles. The van der Waals surface area contributed by atoms with Crippen LogP contribution < -0.4 is 5.32 Å². The molecule has 2 rings (SSSR count). The molecule has 0 aliphatic carbocycles. The van der Waals surface area contributed by atoms with E-state index in [2.05, 4.69) is 21.2 Å². The van der Waals surface area contributed by atoms with Gasteiger partial charge in [-0.25, -0.2) is 0 Å². The lowest BCUT2D eigenvalue weighted by molar-refractivity contribution is 0.0950. The van der Waals surface area contributed by atoms with Gasteiger partial charge in [0.1, 0.15) is 5.75 Å². The highest BCUT2D eigenvalue weighted by atomic mass is 79.9. The number of aryl methyl sites for hydroxylation is 1. The van der Waals surface area contributed by atoms with E-state index in [1.165, 1.54) is 11.6 Å². The molecule has 0 aromatic heterocycles. The molecule has 0 aliphatic rings. The van der Waals surface area contributed by atoms with E-state index in [1.54, 1.807) is 19.1 Å². The van der Waals surface area contributed by atoms with Crippen molar-refractivity contribution in [2.75, 3.05) is 0 Å². The minimum atomic E-state index is -0.190. The maximum Gasteiger partial charge on any atom is 0.251 e. The van der Waals surface area contributed by atoms with Crippen molar-refractivity contribution in [1.29, 1.82) is 0 Å². The number of carbonyl (C=O) groups is 1. The van der Waals surface area contributed by atoms with Crippen LogP contribution >= 0.6 is 15.9 Å². The lowest BCUT2D eigenvalue weighted by Crippen LogP contribution is -2.22. The molecule has 3 nitrogen and oxygen atoms in total. The number of alkyl halides is 1. The zero-order valence-electron chi connectivity index (χ0n) is 11.2. The maximum atomic E-state index is 12.0. The van der Waals surface area contributed by atoms with Crippen LogP contribution in [0, 0.1) is 6.92 Å². The van der Waals surface area contributed by atoms with Gasteiger partial charge in [0.2, 0.25) is 0 Å². The minimum Gasteiger partial charge on any atom is -0.508 e. The average molecular weight is 334 g/mol. The third-order valence-corrected chi connectivity index (χ3v) is 3.75. The van der Waals surface area contributed by atoms with E-state index < -0.39 is 0 Å².